The molecule has 1 atom stereocenters. The lowest BCUT2D eigenvalue weighted by atomic mass is 9.78. The summed E-state index contributed by atoms with van der Waals surface area (Å²) in [5.74, 6) is 0.763. The Hall–Kier alpha value is -2.10. The summed E-state index contributed by atoms with van der Waals surface area (Å²) in [5.41, 5.74) is 2.56. The SMILES string of the molecule is CCCOc1ccccc1[C@@H]1CC(=O)NC2=C1C(=O)CCC2. The molecule has 22 heavy (non-hydrogen) atoms. The van der Waals surface area contributed by atoms with E-state index in [1.807, 2.05) is 24.3 Å². The van der Waals surface area contributed by atoms with Crippen LogP contribution in [0.4, 0.5) is 0 Å². The quantitative estimate of drug-likeness (QED) is 0.929. The van der Waals surface area contributed by atoms with Gasteiger partial charge in [0.25, 0.3) is 0 Å². The van der Waals surface area contributed by atoms with Crippen molar-refractivity contribution in [1.29, 1.82) is 0 Å². The Balaban J connectivity index is 2.02. The average Bonchev–Trinajstić information content (AvgIpc) is 2.52. The smallest absolute Gasteiger partial charge is 0.225 e. The summed E-state index contributed by atoms with van der Waals surface area (Å²) in [5, 5.41) is 2.89. The number of benzene rings is 1. The number of rotatable bonds is 4. The maximum Gasteiger partial charge on any atom is 0.225 e. The maximum atomic E-state index is 12.4. The monoisotopic (exact) mass is 299 g/mol. The Kier molecular flexibility index (Phi) is 4.27. The van der Waals surface area contributed by atoms with E-state index in [1.165, 1.54) is 0 Å². The predicted molar refractivity (Wildman–Crippen MR) is 83.6 cm³/mol. The van der Waals surface area contributed by atoms with Gasteiger partial charge in [-0.15, -0.1) is 0 Å². The number of amides is 1. The molecule has 0 spiro atoms. The lowest BCUT2D eigenvalue weighted by Gasteiger charge is -2.31. The topological polar surface area (TPSA) is 55.4 Å². The summed E-state index contributed by atoms with van der Waals surface area (Å²) in [6, 6.07) is 7.76. The molecular weight excluding hydrogens is 278 g/mol. The fourth-order valence-electron chi connectivity index (χ4n) is 3.28. The number of hydrogen-bond donors (Lipinski definition) is 1. The molecule has 0 saturated carbocycles. The highest BCUT2D eigenvalue weighted by Gasteiger charge is 2.35. The van der Waals surface area contributed by atoms with Gasteiger partial charge in [0.2, 0.25) is 5.91 Å². The van der Waals surface area contributed by atoms with Crippen LogP contribution in [0.5, 0.6) is 5.75 Å². The Labute approximate surface area is 130 Å². The lowest BCUT2D eigenvalue weighted by Crippen LogP contribution is -2.36. The van der Waals surface area contributed by atoms with Crippen molar-refractivity contribution in [3.8, 4) is 5.75 Å². The van der Waals surface area contributed by atoms with Crippen molar-refractivity contribution in [2.75, 3.05) is 6.61 Å². The number of carbonyl (C=O) groups is 2. The maximum absolute atomic E-state index is 12.4. The van der Waals surface area contributed by atoms with Gasteiger partial charge in [-0.1, -0.05) is 25.1 Å². The van der Waals surface area contributed by atoms with Gasteiger partial charge in [-0.2, -0.15) is 0 Å². The highest BCUT2D eigenvalue weighted by molar-refractivity contribution is 6.01. The molecule has 1 aromatic rings. The van der Waals surface area contributed by atoms with E-state index in [2.05, 4.69) is 12.2 Å². The van der Waals surface area contributed by atoms with Gasteiger partial charge in [0.1, 0.15) is 5.75 Å². The molecule has 1 N–H and O–H groups in total. The Morgan fingerprint density at radius 2 is 2.05 bits per heavy atom. The van der Waals surface area contributed by atoms with Crippen molar-refractivity contribution < 1.29 is 14.3 Å². The van der Waals surface area contributed by atoms with E-state index in [0.29, 0.717) is 19.4 Å². The highest BCUT2D eigenvalue weighted by atomic mass is 16.5. The molecule has 4 heteroatoms. The number of para-hydroxylation sites is 1. The summed E-state index contributed by atoms with van der Waals surface area (Å²) in [6.07, 6.45) is 3.41. The first-order valence-electron chi connectivity index (χ1n) is 7.98. The van der Waals surface area contributed by atoms with Crippen LogP contribution in [0.25, 0.3) is 0 Å². The van der Waals surface area contributed by atoms with Crippen LogP contribution in [0.1, 0.15) is 50.5 Å². The Morgan fingerprint density at radius 1 is 1.23 bits per heavy atom. The highest BCUT2D eigenvalue weighted by Crippen LogP contribution is 2.41. The van der Waals surface area contributed by atoms with E-state index in [1.54, 1.807) is 0 Å². The summed E-state index contributed by atoms with van der Waals surface area (Å²) >= 11 is 0. The van der Waals surface area contributed by atoms with Gasteiger partial charge in [-0.25, -0.2) is 0 Å². The van der Waals surface area contributed by atoms with Crippen LogP contribution in [0.3, 0.4) is 0 Å². The van der Waals surface area contributed by atoms with Crippen LogP contribution in [0, 0.1) is 0 Å². The zero-order valence-electron chi connectivity index (χ0n) is 12.9. The molecule has 0 aromatic heterocycles. The average molecular weight is 299 g/mol. The minimum atomic E-state index is -0.176. The summed E-state index contributed by atoms with van der Waals surface area (Å²) in [4.78, 5) is 24.4. The van der Waals surface area contributed by atoms with E-state index >= 15 is 0 Å². The van der Waals surface area contributed by atoms with Crippen LogP contribution in [-0.2, 0) is 9.59 Å². The van der Waals surface area contributed by atoms with Crippen molar-refractivity contribution in [3.63, 3.8) is 0 Å². The van der Waals surface area contributed by atoms with Crippen molar-refractivity contribution >= 4 is 11.7 Å². The number of nitrogens with one attached hydrogen (secondary N) is 1. The number of ether oxygens (including phenoxy) is 1. The van der Waals surface area contributed by atoms with Crippen LogP contribution in [0.2, 0.25) is 0 Å². The second kappa shape index (κ2) is 6.34. The molecule has 1 heterocycles. The van der Waals surface area contributed by atoms with E-state index in [0.717, 1.165) is 41.8 Å². The first-order chi connectivity index (χ1) is 10.7. The van der Waals surface area contributed by atoms with Crippen LogP contribution >= 0.6 is 0 Å². The van der Waals surface area contributed by atoms with Gasteiger partial charge in [-0.05, 0) is 25.3 Å². The molecule has 4 nitrogen and oxygen atoms in total. The number of hydrogen-bond acceptors (Lipinski definition) is 3. The third-order valence-electron chi connectivity index (χ3n) is 4.24. The molecule has 0 bridgehead atoms. The molecule has 1 aliphatic heterocycles. The molecule has 2 aliphatic rings. The van der Waals surface area contributed by atoms with Crippen molar-refractivity contribution in [1.82, 2.24) is 5.32 Å². The number of Topliss-reactive ketones (excluding diaryl/α,β-unsaturated/α-hetero) is 1. The molecule has 116 valence electrons. The predicted octanol–water partition coefficient (Wildman–Crippen LogP) is 3.09. The summed E-state index contributed by atoms with van der Waals surface area (Å²) in [7, 11) is 0. The first-order valence-corrected chi connectivity index (χ1v) is 7.98. The standard InChI is InChI=1S/C18H21NO3/c1-2-10-22-16-9-4-3-6-12(16)13-11-17(21)19-14-7-5-8-15(20)18(13)14/h3-4,6,9,13H,2,5,7-8,10-11H2,1H3,(H,19,21)/t13-/m0/s1. The van der Waals surface area contributed by atoms with Gasteiger partial charge in [0.05, 0.1) is 6.61 Å². The minimum absolute atomic E-state index is 0.0104. The second-order valence-corrected chi connectivity index (χ2v) is 5.86. The van der Waals surface area contributed by atoms with Gasteiger partial charge >= 0.3 is 0 Å². The van der Waals surface area contributed by atoms with Crippen LogP contribution < -0.4 is 10.1 Å². The third kappa shape index (κ3) is 2.78. The molecule has 3 rings (SSSR count). The van der Waals surface area contributed by atoms with E-state index in [9.17, 15) is 9.59 Å². The molecule has 0 unspecified atom stereocenters. The molecule has 0 saturated heterocycles. The zero-order chi connectivity index (χ0) is 15.5. The van der Waals surface area contributed by atoms with Gasteiger partial charge in [-0.3, -0.25) is 9.59 Å². The van der Waals surface area contributed by atoms with Crippen LogP contribution in [-0.4, -0.2) is 18.3 Å². The largest absolute Gasteiger partial charge is 0.493 e. The second-order valence-electron chi connectivity index (χ2n) is 5.86. The van der Waals surface area contributed by atoms with Gasteiger partial charge in [0, 0.05) is 35.6 Å². The lowest BCUT2D eigenvalue weighted by molar-refractivity contribution is -0.122. The first kappa shape index (κ1) is 14.8. The number of ketones is 1. The van der Waals surface area contributed by atoms with Crippen molar-refractivity contribution in [3.05, 3.63) is 41.1 Å². The molecule has 1 aromatic carbocycles. The van der Waals surface area contributed by atoms with E-state index < -0.39 is 0 Å². The Bertz CT molecular complexity index is 633. The van der Waals surface area contributed by atoms with E-state index in [-0.39, 0.29) is 17.6 Å². The molecule has 0 radical (unpaired) electrons. The molecule has 0 fully saturated rings. The summed E-state index contributed by atoms with van der Waals surface area (Å²) < 4.78 is 5.82. The number of carbonyl (C=O) groups excluding carboxylic acids is 2. The third-order valence-corrected chi connectivity index (χ3v) is 4.24. The summed E-state index contributed by atoms with van der Waals surface area (Å²) in [6.45, 7) is 2.69. The zero-order valence-corrected chi connectivity index (χ0v) is 12.9. The normalized spacial score (nSPS) is 21.4. The minimum Gasteiger partial charge on any atom is -0.493 e. The van der Waals surface area contributed by atoms with Gasteiger partial charge in [0.15, 0.2) is 5.78 Å². The molecule has 1 aliphatic carbocycles. The van der Waals surface area contributed by atoms with E-state index in [4.69, 9.17) is 4.74 Å². The van der Waals surface area contributed by atoms with Crippen LogP contribution in [0.15, 0.2) is 35.5 Å². The van der Waals surface area contributed by atoms with Crippen molar-refractivity contribution in [2.24, 2.45) is 0 Å². The van der Waals surface area contributed by atoms with Gasteiger partial charge < -0.3 is 10.1 Å². The Morgan fingerprint density at radius 3 is 2.86 bits per heavy atom. The molecular formula is C18H21NO3. The number of allylic oxidation sites excluding steroid dienone is 2. The fraction of sp³-hybridized carbons (Fsp3) is 0.444. The van der Waals surface area contributed by atoms with Crippen molar-refractivity contribution in [2.45, 2.75) is 44.9 Å². The molecule has 1 amide bonds. The fourth-order valence-corrected chi connectivity index (χ4v) is 3.28.